The number of carbonyl (C=O) groups is 1. The van der Waals surface area contributed by atoms with Gasteiger partial charge in [0.25, 0.3) is 0 Å². The number of esters is 1. The van der Waals surface area contributed by atoms with E-state index >= 15 is 0 Å². The number of hydrogen-bond donors (Lipinski definition) is 0. The molecule has 18 heavy (non-hydrogen) atoms. The van der Waals surface area contributed by atoms with Gasteiger partial charge in [0.2, 0.25) is 5.82 Å². The summed E-state index contributed by atoms with van der Waals surface area (Å²) >= 11 is 0. The maximum absolute atomic E-state index is 11.5. The number of carbonyl (C=O) groups excluding carboxylic acids is 1. The van der Waals surface area contributed by atoms with Crippen molar-refractivity contribution in [1.82, 2.24) is 20.2 Å². The Hall–Kier alpha value is -2.18. The maximum atomic E-state index is 11.5. The minimum Gasteiger partial charge on any atom is -0.469 e. The van der Waals surface area contributed by atoms with Crippen LogP contribution < -0.4 is 0 Å². The highest BCUT2D eigenvalue weighted by atomic mass is 16.5. The average molecular weight is 250 g/mol. The van der Waals surface area contributed by atoms with E-state index in [1.807, 2.05) is 0 Å². The van der Waals surface area contributed by atoms with Gasteiger partial charge in [0, 0.05) is 0 Å². The molecule has 2 rings (SSSR count). The lowest BCUT2D eigenvalue weighted by Crippen LogP contribution is -2.31. The third kappa shape index (κ3) is 2.39. The molecule has 2 aromatic rings. The summed E-state index contributed by atoms with van der Waals surface area (Å²) < 4.78 is 9.88. The zero-order valence-electron chi connectivity index (χ0n) is 10.5. The van der Waals surface area contributed by atoms with Crippen molar-refractivity contribution >= 4 is 5.97 Å². The van der Waals surface area contributed by atoms with Crippen LogP contribution in [-0.2, 0) is 16.1 Å². The number of ether oxygens (including phenoxy) is 1. The number of furan rings is 1. The van der Waals surface area contributed by atoms with Gasteiger partial charge in [-0.25, -0.2) is 0 Å². The summed E-state index contributed by atoms with van der Waals surface area (Å²) in [7, 11) is 1.35. The van der Waals surface area contributed by atoms with Crippen molar-refractivity contribution in [2.45, 2.75) is 20.4 Å². The zero-order chi connectivity index (χ0) is 13.2. The molecule has 0 aliphatic carbocycles. The predicted molar refractivity (Wildman–Crippen MR) is 61.3 cm³/mol. The van der Waals surface area contributed by atoms with Gasteiger partial charge in [-0.2, -0.15) is 4.80 Å². The first-order chi connectivity index (χ1) is 8.53. The van der Waals surface area contributed by atoms with Crippen LogP contribution in [0.25, 0.3) is 11.6 Å². The van der Waals surface area contributed by atoms with Crippen molar-refractivity contribution in [2.75, 3.05) is 7.11 Å². The second-order valence-corrected chi connectivity index (χ2v) is 4.50. The fourth-order valence-corrected chi connectivity index (χ4v) is 1.51. The molecule has 0 amide bonds. The van der Waals surface area contributed by atoms with Crippen molar-refractivity contribution in [3.05, 3.63) is 18.4 Å². The standard InChI is InChI=1S/C11H14N4O3/c1-11(2,10(16)17-3)7-15-13-9(12-14-15)8-5-4-6-18-8/h4-6H,7H2,1-3H3. The highest BCUT2D eigenvalue weighted by molar-refractivity contribution is 5.75. The average Bonchev–Trinajstić information content (AvgIpc) is 2.97. The molecule has 0 atom stereocenters. The minimum atomic E-state index is -0.712. The van der Waals surface area contributed by atoms with E-state index in [9.17, 15) is 4.79 Å². The number of methoxy groups -OCH3 is 1. The van der Waals surface area contributed by atoms with E-state index in [1.165, 1.54) is 18.2 Å². The maximum Gasteiger partial charge on any atom is 0.313 e. The van der Waals surface area contributed by atoms with Crippen molar-refractivity contribution in [1.29, 1.82) is 0 Å². The molecule has 96 valence electrons. The van der Waals surface area contributed by atoms with Crippen LogP contribution in [0.1, 0.15) is 13.8 Å². The van der Waals surface area contributed by atoms with E-state index in [-0.39, 0.29) is 12.5 Å². The number of aromatic nitrogens is 4. The molecule has 0 saturated carbocycles. The van der Waals surface area contributed by atoms with E-state index in [2.05, 4.69) is 15.4 Å². The van der Waals surface area contributed by atoms with Crippen LogP contribution in [0.3, 0.4) is 0 Å². The largest absolute Gasteiger partial charge is 0.469 e. The van der Waals surface area contributed by atoms with Crippen molar-refractivity contribution in [2.24, 2.45) is 5.41 Å². The van der Waals surface area contributed by atoms with Crippen LogP contribution in [0, 0.1) is 5.41 Å². The monoisotopic (exact) mass is 250 g/mol. The lowest BCUT2D eigenvalue weighted by Gasteiger charge is -2.19. The Morgan fingerprint density at radius 3 is 2.94 bits per heavy atom. The SMILES string of the molecule is COC(=O)C(C)(C)Cn1nnc(-c2ccco2)n1. The normalized spacial score (nSPS) is 11.5. The van der Waals surface area contributed by atoms with Gasteiger partial charge in [0.05, 0.1) is 25.3 Å². The molecule has 7 nitrogen and oxygen atoms in total. The van der Waals surface area contributed by atoms with E-state index in [4.69, 9.17) is 9.15 Å². The summed E-state index contributed by atoms with van der Waals surface area (Å²) in [5.41, 5.74) is -0.712. The van der Waals surface area contributed by atoms with E-state index < -0.39 is 5.41 Å². The molecule has 0 unspecified atom stereocenters. The van der Waals surface area contributed by atoms with Gasteiger partial charge in [-0.15, -0.1) is 10.2 Å². The summed E-state index contributed by atoms with van der Waals surface area (Å²) in [4.78, 5) is 12.9. The van der Waals surface area contributed by atoms with E-state index in [1.54, 1.807) is 26.0 Å². The summed E-state index contributed by atoms with van der Waals surface area (Å²) in [6.07, 6.45) is 1.54. The van der Waals surface area contributed by atoms with Gasteiger partial charge in [-0.05, 0) is 31.2 Å². The molecule has 0 saturated heterocycles. The molecule has 0 spiro atoms. The third-order valence-corrected chi connectivity index (χ3v) is 2.47. The molecule has 0 aliphatic heterocycles. The molecular weight excluding hydrogens is 236 g/mol. The third-order valence-electron chi connectivity index (χ3n) is 2.47. The molecule has 0 aliphatic rings. The van der Waals surface area contributed by atoms with Crippen molar-refractivity contribution < 1.29 is 13.9 Å². The summed E-state index contributed by atoms with van der Waals surface area (Å²) in [6, 6.07) is 3.49. The van der Waals surface area contributed by atoms with Crippen LogP contribution >= 0.6 is 0 Å². The lowest BCUT2D eigenvalue weighted by atomic mass is 9.94. The van der Waals surface area contributed by atoms with Gasteiger partial charge in [0.15, 0.2) is 5.76 Å². The molecule has 0 aromatic carbocycles. The van der Waals surface area contributed by atoms with Crippen LogP contribution in [-0.4, -0.2) is 33.3 Å². The Kier molecular flexibility index (Phi) is 3.14. The molecule has 0 N–H and O–H groups in total. The predicted octanol–water partition coefficient (Wildman–Crippen LogP) is 1.13. The first-order valence-electron chi connectivity index (χ1n) is 5.43. The lowest BCUT2D eigenvalue weighted by molar-refractivity contribution is -0.151. The minimum absolute atomic E-state index is 0.285. The van der Waals surface area contributed by atoms with E-state index in [0.717, 1.165) is 0 Å². The number of nitrogens with zero attached hydrogens (tertiary/aromatic N) is 4. The Morgan fingerprint density at radius 2 is 2.33 bits per heavy atom. The highest BCUT2D eigenvalue weighted by Gasteiger charge is 2.30. The number of hydrogen-bond acceptors (Lipinski definition) is 6. The summed E-state index contributed by atoms with van der Waals surface area (Å²) in [6.45, 7) is 3.80. The Morgan fingerprint density at radius 1 is 1.56 bits per heavy atom. The molecule has 7 heteroatoms. The molecule has 2 aromatic heterocycles. The number of rotatable bonds is 4. The smallest absolute Gasteiger partial charge is 0.313 e. The van der Waals surface area contributed by atoms with Crippen LogP contribution in [0.15, 0.2) is 22.8 Å². The van der Waals surface area contributed by atoms with Crippen LogP contribution in [0.4, 0.5) is 0 Å². The molecule has 2 heterocycles. The summed E-state index contributed by atoms with van der Waals surface area (Å²) in [5.74, 6) is 0.608. The number of tetrazole rings is 1. The quantitative estimate of drug-likeness (QED) is 0.756. The fourth-order valence-electron chi connectivity index (χ4n) is 1.51. The molecular formula is C11H14N4O3. The van der Waals surface area contributed by atoms with Crippen LogP contribution in [0.5, 0.6) is 0 Å². The molecule has 0 fully saturated rings. The van der Waals surface area contributed by atoms with Gasteiger partial charge < -0.3 is 9.15 Å². The van der Waals surface area contributed by atoms with Gasteiger partial charge in [0.1, 0.15) is 0 Å². The highest BCUT2D eigenvalue weighted by Crippen LogP contribution is 2.20. The van der Waals surface area contributed by atoms with Gasteiger partial charge in [-0.3, -0.25) is 4.79 Å². The Labute approximate surface area is 104 Å². The fraction of sp³-hybridized carbons (Fsp3) is 0.455. The van der Waals surface area contributed by atoms with Gasteiger partial charge in [-0.1, -0.05) is 0 Å². The zero-order valence-corrected chi connectivity index (χ0v) is 10.5. The first-order valence-corrected chi connectivity index (χ1v) is 5.43. The van der Waals surface area contributed by atoms with Crippen molar-refractivity contribution in [3.8, 4) is 11.6 Å². The Balaban J connectivity index is 2.14. The Bertz CT molecular complexity index is 530. The first kappa shape index (κ1) is 12.3. The topological polar surface area (TPSA) is 83.0 Å². The summed E-state index contributed by atoms with van der Waals surface area (Å²) in [5, 5.41) is 11.9. The second-order valence-electron chi connectivity index (χ2n) is 4.50. The van der Waals surface area contributed by atoms with Crippen molar-refractivity contribution in [3.63, 3.8) is 0 Å². The second kappa shape index (κ2) is 4.59. The van der Waals surface area contributed by atoms with E-state index in [0.29, 0.717) is 11.6 Å². The molecule has 0 bridgehead atoms. The van der Waals surface area contributed by atoms with Crippen LogP contribution in [0.2, 0.25) is 0 Å². The van der Waals surface area contributed by atoms with Gasteiger partial charge >= 0.3 is 5.97 Å². The molecule has 0 radical (unpaired) electrons.